The lowest BCUT2D eigenvalue weighted by Crippen LogP contribution is -2.07. The van der Waals surface area contributed by atoms with Crippen molar-refractivity contribution >= 4 is 53.6 Å². The molecule has 0 radical (unpaired) electrons. The average molecular weight is 749 g/mol. The van der Waals surface area contributed by atoms with Crippen molar-refractivity contribution in [2.45, 2.75) is 19.6 Å². The summed E-state index contributed by atoms with van der Waals surface area (Å²) in [5.74, 6) is 2.29. The lowest BCUT2D eigenvalue weighted by molar-refractivity contribution is 0.993. The maximum absolute atomic E-state index is 5.51. The molecule has 11 aromatic rings. The Kier molecular flexibility index (Phi) is 7.86. The van der Waals surface area contributed by atoms with Crippen LogP contribution in [0.2, 0.25) is 0 Å². The zero-order chi connectivity index (χ0) is 37.8. The minimum atomic E-state index is -1.93. The van der Waals surface area contributed by atoms with E-state index in [0.717, 1.165) is 39.3 Å². The number of hydrogen-bond acceptors (Lipinski definition) is 2. The van der Waals surface area contributed by atoms with E-state index in [4.69, 9.17) is 9.97 Å². The van der Waals surface area contributed by atoms with Crippen LogP contribution >= 0.6 is 10.0 Å². The van der Waals surface area contributed by atoms with Crippen molar-refractivity contribution in [2.75, 3.05) is 0 Å². The van der Waals surface area contributed by atoms with Crippen molar-refractivity contribution in [1.29, 1.82) is 0 Å². The van der Waals surface area contributed by atoms with Gasteiger partial charge in [0.1, 0.15) is 11.6 Å². The third-order valence-corrected chi connectivity index (χ3v) is 15.0. The van der Waals surface area contributed by atoms with Crippen LogP contribution in [0.25, 0.3) is 66.6 Å². The summed E-state index contributed by atoms with van der Waals surface area (Å²) in [5, 5.41) is 4.76. The predicted octanol–water partition coefficient (Wildman–Crippen LogP) is 13.7. The van der Waals surface area contributed by atoms with Crippen molar-refractivity contribution in [3.8, 4) is 23.0 Å². The molecule has 5 heteroatoms. The summed E-state index contributed by atoms with van der Waals surface area (Å²) in [6, 6.07) is 78.5. The second-order valence-electron chi connectivity index (χ2n) is 14.2. The van der Waals surface area contributed by atoms with Gasteiger partial charge in [0.05, 0.1) is 22.1 Å². The van der Waals surface area contributed by atoms with E-state index in [1.807, 2.05) is 0 Å². The summed E-state index contributed by atoms with van der Waals surface area (Å²) in [5.41, 5.74) is 5.37. The Balaban J connectivity index is 1.22. The Morgan fingerprint density at radius 1 is 0.298 bits per heavy atom. The van der Waals surface area contributed by atoms with Crippen molar-refractivity contribution in [3.05, 3.63) is 218 Å². The highest BCUT2D eigenvalue weighted by molar-refractivity contribution is 8.34. The smallest absolute Gasteiger partial charge is 0.163 e. The monoisotopic (exact) mass is 748 g/mol. The van der Waals surface area contributed by atoms with Crippen LogP contribution < -0.4 is 0 Å². The van der Waals surface area contributed by atoms with Crippen LogP contribution in [-0.2, 0) is 0 Å². The molecule has 4 nitrogen and oxygen atoms in total. The van der Waals surface area contributed by atoms with Crippen LogP contribution in [0.4, 0.5) is 0 Å². The lowest BCUT2D eigenvalue weighted by Gasteiger charge is -2.42. The first kappa shape index (κ1) is 33.2. The first-order valence-electron chi connectivity index (χ1n) is 19.2. The molecule has 0 amide bonds. The van der Waals surface area contributed by atoms with Crippen LogP contribution in [0.1, 0.15) is 0 Å². The number of hydrogen-bond donors (Lipinski definition) is 0. The van der Waals surface area contributed by atoms with Crippen LogP contribution in [0.3, 0.4) is 0 Å². The number of rotatable bonds is 7. The maximum atomic E-state index is 5.51. The molecule has 3 aromatic heterocycles. The molecule has 3 heterocycles. The fourth-order valence-corrected chi connectivity index (χ4v) is 12.6. The molecule has 57 heavy (non-hydrogen) atoms. The van der Waals surface area contributed by atoms with Gasteiger partial charge in [0.2, 0.25) is 0 Å². The Hall–Kier alpha value is -7.21. The van der Waals surface area contributed by atoms with Crippen LogP contribution in [0.5, 0.6) is 0 Å². The summed E-state index contributed by atoms with van der Waals surface area (Å²) < 4.78 is 4.59. The summed E-state index contributed by atoms with van der Waals surface area (Å²) in [4.78, 5) is 16.0. The second kappa shape index (κ2) is 13.5. The van der Waals surface area contributed by atoms with Gasteiger partial charge in [0.15, 0.2) is 5.82 Å². The number of nitrogens with zero attached hydrogens (tertiary/aromatic N) is 4. The number of para-hydroxylation sites is 4. The fourth-order valence-electron chi connectivity index (χ4n) is 8.63. The van der Waals surface area contributed by atoms with E-state index >= 15 is 0 Å². The average Bonchev–Trinajstić information content (AvgIpc) is 3.81. The Morgan fingerprint density at radius 3 is 1.02 bits per heavy atom. The van der Waals surface area contributed by atoms with Gasteiger partial charge in [-0.25, -0.2) is 9.97 Å². The van der Waals surface area contributed by atoms with Gasteiger partial charge in [-0.15, -0.1) is 10.0 Å². The summed E-state index contributed by atoms with van der Waals surface area (Å²) >= 11 is 0. The molecular formula is C52H36N4S. The highest BCUT2D eigenvalue weighted by Gasteiger charge is 2.33. The molecule has 0 atom stereocenters. The normalized spacial score (nSPS) is 12.1. The molecule has 0 spiro atoms. The van der Waals surface area contributed by atoms with Crippen molar-refractivity contribution < 1.29 is 0 Å². The van der Waals surface area contributed by atoms with Crippen molar-refractivity contribution in [3.63, 3.8) is 0 Å². The third-order valence-electron chi connectivity index (χ3n) is 11.1. The first-order chi connectivity index (χ1) is 28.3. The Labute approximate surface area is 332 Å². The van der Waals surface area contributed by atoms with Gasteiger partial charge in [-0.3, -0.25) is 9.13 Å². The Morgan fingerprint density at radius 2 is 0.632 bits per heavy atom. The lowest BCUT2D eigenvalue weighted by atomic mass is 10.2. The van der Waals surface area contributed by atoms with Gasteiger partial charge in [-0.05, 0) is 72.8 Å². The van der Waals surface area contributed by atoms with E-state index in [1.165, 1.54) is 41.1 Å². The summed E-state index contributed by atoms with van der Waals surface area (Å²) in [6.45, 7) is 0. The predicted molar refractivity (Wildman–Crippen MR) is 236 cm³/mol. The van der Waals surface area contributed by atoms with E-state index in [1.54, 1.807) is 0 Å². The van der Waals surface area contributed by atoms with E-state index in [-0.39, 0.29) is 0 Å². The Bertz CT molecular complexity index is 2910. The minimum Gasteiger partial charge on any atom is -0.294 e. The van der Waals surface area contributed by atoms with Crippen molar-refractivity contribution in [2.24, 2.45) is 0 Å². The zero-order valence-corrected chi connectivity index (χ0v) is 31.8. The first-order valence-corrected chi connectivity index (χ1v) is 20.9. The van der Waals surface area contributed by atoms with Gasteiger partial charge in [-0.1, -0.05) is 140 Å². The molecule has 11 rings (SSSR count). The summed E-state index contributed by atoms with van der Waals surface area (Å²) in [7, 11) is -1.93. The molecule has 0 aliphatic heterocycles. The maximum Gasteiger partial charge on any atom is 0.163 e. The molecule has 270 valence electrons. The molecule has 0 fully saturated rings. The van der Waals surface area contributed by atoms with E-state index < -0.39 is 10.0 Å². The fraction of sp³-hybridized carbons (Fsp3) is 0. The molecule has 0 aliphatic rings. The van der Waals surface area contributed by atoms with Crippen LogP contribution in [0.15, 0.2) is 238 Å². The summed E-state index contributed by atoms with van der Waals surface area (Å²) in [6.07, 6.45) is 0. The number of aromatic nitrogens is 4. The van der Waals surface area contributed by atoms with Crippen LogP contribution in [-0.4, -0.2) is 19.1 Å². The highest BCUT2D eigenvalue weighted by Crippen LogP contribution is 2.73. The standard InChI is InChI=1S/C52H36N4S/c1-4-20-38(21-5-1)57(39-22-6-2-7-23-39,40-24-8-3-9-25-40)41-26-18-19-37(35-41)52-53-50(55-46-31-14-10-27-42(46)43-28-11-15-32-47(43)55)36-51(54-52)56-48-33-16-12-29-44(48)45-30-13-17-34-49(45)56/h1-36H. The van der Waals surface area contributed by atoms with Gasteiger partial charge in [0, 0.05) is 52.8 Å². The van der Waals surface area contributed by atoms with E-state index in [0.29, 0.717) is 5.82 Å². The minimum absolute atomic E-state index is 0.663. The second-order valence-corrected chi connectivity index (χ2v) is 17.3. The molecule has 0 aliphatic carbocycles. The van der Waals surface area contributed by atoms with E-state index in [2.05, 4.69) is 228 Å². The molecule has 0 bridgehead atoms. The van der Waals surface area contributed by atoms with Gasteiger partial charge < -0.3 is 0 Å². The highest BCUT2D eigenvalue weighted by atomic mass is 32.3. The zero-order valence-electron chi connectivity index (χ0n) is 31.0. The molecule has 8 aromatic carbocycles. The SMILES string of the molecule is c1ccc(S(c2ccccc2)(c2ccccc2)c2cccc(-c3nc(-n4c5ccccc5c5ccccc54)cc(-n4c5ccccc5c5ccccc54)n3)c2)cc1. The van der Waals surface area contributed by atoms with Gasteiger partial charge >= 0.3 is 0 Å². The third kappa shape index (κ3) is 5.24. The molecule has 0 saturated carbocycles. The van der Waals surface area contributed by atoms with E-state index in [9.17, 15) is 0 Å². The topological polar surface area (TPSA) is 35.6 Å². The van der Waals surface area contributed by atoms with Gasteiger partial charge in [0.25, 0.3) is 0 Å². The van der Waals surface area contributed by atoms with Crippen LogP contribution in [0, 0.1) is 0 Å². The molecule has 0 unspecified atom stereocenters. The largest absolute Gasteiger partial charge is 0.294 e. The van der Waals surface area contributed by atoms with Crippen molar-refractivity contribution in [1.82, 2.24) is 19.1 Å². The molecule has 0 N–H and O–H groups in total. The molecular weight excluding hydrogens is 713 g/mol. The molecule has 0 saturated heterocycles. The quantitative estimate of drug-likeness (QED) is 0.163. The van der Waals surface area contributed by atoms with Gasteiger partial charge in [-0.2, -0.15) is 0 Å². The number of fused-ring (bicyclic) bond motifs is 6. The number of benzene rings is 8.